The summed E-state index contributed by atoms with van der Waals surface area (Å²) < 4.78 is 67.8. The molecule has 14 heteroatoms. The Hall–Kier alpha value is -3.52. The maximum absolute atomic E-state index is 14.2. The quantitative estimate of drug-likeness (QED) is 0.203. The molecule has 0 bridgehead atoms. The molecular weight excluding hydrogens is 623 g/mol. The topological polar surface area (TPSA) is 115 Å². The van der Waals surface area contributed by atoms with Crippen molar-refractivity contribution in [1.82, 2.24) is 9.97 Å². The Labute approximate surface area is 256 Å². The predicted octanol–water partition coefficient (Wildman–Crippen LogP) is 6.40. The van der Waals surface area contributed by atoms with Gasteiger partial charge < -0.3 is 11.1 Å². The number of benzene rings is 1. The summed E-state index contributed by atoms with van der Waals surface area (Å²) in [7, 11) is -4.15. The molecular formula is C29H28ClF3N5O3S2+. The van der Waals surface area contributed by atoms with Crippen LogP contribution in [0, 0.1) is 0 Å². The lowest BCUT2D eigenvalue weighted by molar-refractivity contribution is -0.823. The zero-order valence-electron chi connectivity index (χ0n) is 22.9. The third kappa shape index (κ3) is 6.26. The van der Waals surface area contributed by atoms with E-state index in [1.54, 1.807) is 30.6 Å². The van der Waals surface area contributed by atoms with Gasteiger partial charge >= 0.3 is 16.2 Å². The molecule has 3 aromatic heterocycles. The van der Waals surface area contributed by atoms with Crippen molar-refractivity contribution in [2.75, 3.05) is 11.9 Å². The number of nitrogens with one attached hydrogen (secondary N) is 1. The van der Waals surface area contributed by atoms with Gasteiger partial charge in [-0.2, -0.15) is 25.5 Å². The molecule has 1 amide bonds. The van der Waals surface area contributed by atoms with Crippen LogP contribution in [-0.2, 0) is 27.5 Å². The van der Waals surface area contributed by atoms with Gasteiger partial charge in [0.2, 0.25) is 0 Å². The smallest absolute Gasteiger partial charge is 0.364 e. The summed E-state index contributed by atoms with van der Waals surface area (Å²) in [6.45, 7) is 1.90. The van der Waals surface area contributed by atoms with Gasteiger partial charge in [0.1, 0.15) is 12.4 Å². The first-order chi connectivity index (χ1) is 20.3. The third-order valence-corrected chi connectivity index (χ3v) is 11.7. The van der Waals surface area contributed by atoms with Gasteiger partial charge in [-0.25, -0.2) is 4.98 Å². The number of alkyl halides is 3. The van der Waals surface area contributed by atoms with Crippen LogP contribution in [0.1, 0.15) is 42.5 Å². The van der Waals surface area contributed by atoms with Crippen molar-refractivity contribution in [3.8, 4) is 11.3 Å². The number of carbonyl (C=O) groups excluding carboxylic acids is 1. The van der Waals surface area contributed by atoms with Gasteiger partial charge in [0.25, 0.3) is 5.91 Å². The molecule has 0 aliphatic carbocycles. The molecule has 0 saturated carbocycles. The number of rotatable bonds is 9. The van der Waals surface area contributed by atoms with Crippen LogP contribution in [0.5, 0.6) is 0 Å². The molecule has 1 aliphatic heterocycles. The van der Waals surface area contributed by atoms with Gasteiger partial charge in [-0.1, -0.05) is 29.8 Å². The highest BCUT2D eigenvalue weighted by Crippen LogP contribution is 2.41. The van der Waals surface area contributed by atoms with E-state index in [-0.39, 0.29) is 34.1 Å². The molecule has 0 radical (unpaired) electrons. The van der Waals surface area contributed by atoms with E-state index in [0.29, 0.717) is 29.1 Å². The monoisotopic (exact) mass is 650 g/mol. The number of sulfonamides is 1. The molecule has 43 heavy (non-hydrogen) atoms. The van der Waals surface area contributed by atoms with Crippen LogP contribution in [0.25, 0.3) is 11.3 Å². The molecule has 3 N–H and O–H groups in total. The molecule has 5 rings (SSSR count). The maximum atomic E-state index is 14.2. The highest BCUT2D eigenvalue weighted by atomic mass is 35.5. The molecule has 4 heterocycles. The average Bonchev–Trinajstić information content (AvgIpc) is 3.61. The number of nitrogens with zero attached hydrogens (tertiary/aromatic N) is 3. The molecule has 2 unspecified atom stereocenters. The normalized spacial score (nSPS) is 19.7. The number of aromatic nitrogens is 2. The summed E-state index contributed by atoms with van der Waals surface area (Å²) in [5.41, 5.74) is 7.07. The van der Waals surface area contributed by atoms with Crippen LogP contribution >= 0.6 is 22.9 Å². The van der Waals surface area contributed by atoms with Gasteiger partial charge in [-0.15, -0.1) is 11.3 Å². The fraction of sp³-hybridized carbons (Fsp3) is 0.276. The molecule has 1 aliphatic rings. The Balaban J connectivity index is 1.62. The molecule has 0 spiro atoms. The Morgan fingerprint density at radius 2 is 1.93 bits per heavy atom. The van der Waals surface area contributed by atoms with E-state index in [2.05, 4.69) is 15.3 Å². The summed E-state index contributed by atoms with van der Waals surface area (Å²) >= 11 is 6.99. The minimum Gasteiger partial charge on any atom is -0.364 e. The Bertz CT molecular complexity index is 1730. The van der Waals surface area contributed by atoms with E-state index in [9.17, 15) is 26.4 Å². The van der Waals surface area contributed by atoms with E-state index in [1.807, 2.05) is 13.0 Å². The van der Waals surface area contributed by atoms with Crippen LogP contribution in [0.4, 0.5) is 19.0 Å². The zero-order chi connectivity index (χ0) is 31.0. The lowest BCUT2D eigenvalue weighted by atomic mass is 10.1. The number of primary amides is 1. The third-order valence-electron chi connectivity index (χ3n) is 7.58. The van der Waals surface area contributed by atoms with E-state index in [4.69, 9.17) is 17.3 Å². The number of thiophene rings is 1. The number of nitrogens with two attached hydrogens (primary N) is 1. The van der Waals surface area contributed by atoms with Crippen molar-refractivity contribution < 1.29 is 30.3 Å². The SMILES string of the molecule is CC(Nc1cc(C[N+]2(S(=O)(=O)c3ccc(Cl)s3)CCC[C@H]2C(N)=O)cc(-c2ccc(C(F)(F)F)cc2)n1)c1cccnc1. The highest BCUT2D eigenvalue weighted by molar-refractivity contribution is 7.88. The summed E-state index contributed by atoms with van der Waals surface area (Å²) in [4.78, 5) is 21.5. The number of carbonyl (C=O) groups is 1. The Morgan fingerprint density at radius 1 is 1.19 bits per heavy atom. The van der Waals surface area contributed by atoms with Crippen molar-refractivity contribution in [1.29, 1.82) is 0 Å². The standard InChI is InChI=1S/C29H27ClF3N5O3S2/c1-18(21-4-2-12-35-16-21)36-26-15-19(14-23(37-26)20-6-8-22(9-7-20)29(31,32)33)17-38(13-3-5-24(38)28(34)39)43(40,41)27-11-10-25(30)42-27/h2,4,6-12,14-16,18,24H,3,5,13,17H2,1H3,(H2-,34,36,37,39)/p+1/t18?,24-,38?/m0/s1. The van der Waals surface area contributed by atoms with E-state index in [0.717, 1.165) is 29.0 Å². The van der Waals surface area contributed by atoms with Gasteiger partial charge in [0, 0.05) is 36.4 Å². The zero-order valence-corrected chi connectivity index (χ0v) is 25.3. The molecule has 226 valence electrons. The van der Waals surface area contributed by atoms with Crippen molar-refractivity contribution in [2.24, 2.45) is 5.73 Å². The molecule has 1 aromatic carbocycles. The summed E-state index contributed by atoms with van der Waals surface area (Å²) in [5.74, 6) is -0.363. The van der Waals surface area contributed by atoms with Crippen molar-refractivity contribution in [2.45, 2.75) is 48.8 Å². The van der Waals surface area contributed by atoms with E-state index in [1.165, 1.54) is 24.3 Å². The summed E-state index contributed by atoms with van der Waals surface area (Å²) in [6.07, 6.45) is -0.430. The molecule has 4 aromatic rings. The summed E-state index contributed by atoms with van der Waals surface area (Å²) in [6, 6.07) is 13.2. The number of hydrogen-bond acceptors (Lipinski definition) is 7. The number of likely N-dealkylation sites (tertiary alicyclic amines) is 1. The molecule has 3 atom stereocenters. The average molecular weight is 651 g/mol. The lowest BCUT2D eigenvalue weighted by Gasteiger charge is -2.36. The fourth-order valence-corrected chi connectivity index (χ4v) is 9.35. The highest BCUT2D eigenvalue weighted by Gasteiger charge is 2.55. The second kappa shape index (κ2) is 11.9. The van der Waals surface area contributed by atoms with Crippen molar-refractivity contribution >= 4 is 44.7 Å². The van der Waals surface area contributed by atoms with Crippen LogP contribution in [0.2, 0.25) is 4.34 Å². The minimum atomic E-state index is -4.51. The summed E-state index contributed by atoms with van der Waals surface area (Å²) in [5, 5.41) is 3.29. The van der Waals surface area contributed by atoms with Gasteiger partial charge in [0.15, 0.2) is 10.3 Å². The lowest BCUT2D eigenvalue weighted by Crippen LogP contribution is -2.59. The second-order valence-corrected chi connectivity index (χ2v) is 14.5. The van der Waals surface area contributed by atoms with Gasteiger partial charge in [0.05, 0.1) is 28.2 Å². The van der Waals surface area contributed by atoms with Crippen LogP contribution < -0.4 is 11.1 Å². The van der Waals surface area contributed by atoms with Gasteiger partial charge in [-0.05, 0) is 55.0 Å². The first-order valence-corrected chi connectivity index (χ1v) is 16.0. The Morgan fingerprint density at radius 3 is 2.53 bits per heavy atom. The largest absolute Gasteiger partial charge is 0.416 e. The van der Waals surface area contributed by atoms with E-state index >= 15 is 0 Å². The first kappa shape index (κ1) is 30.9. The van der Waals surface area contributed by atoms with Crippen molar-refractivity contribution in [3.63, 3.8) is 0 Å². The Kier molecular flexibility index (Phi) is 8.54. The number of halogens is 4. The maximum Gasteiger partial charge on any atom is 0.416 e. The van der Waals surface area contributed by atoms with Crippen molar-refractivity contribution in [3.05, 3.63) is 94.1 Å². The second-order valence-electron chi connectivity index (χ2n) is 10.4. The molecule has 1 fully saturated rings. The van der Waals surface area contributed by atoms with E-state index < -0.39 is 37.6 Å². The number of quaternary nitrogens is 1. The number of anilines is 1. The number of amides is 1. The predicted molar refractivity (Wildman–Crippen MR) is 159 cm³/mol. The first-order valence-electron chi connectivity index (χ1n) is 13.3. The van der Waals surface area contributed by atoms with Gasteiger partial charge in [-0.3, -0.25) is 9.78 Å². The minimum absolute atomic E-state index is 0.0196. The van der Waals surface area contributed by atoms with Crippen LogP contribution in [-0.4, -0.2) is 40.8 Å². The van der Waals surface area contributed by atoms with Crippen LogP contribution in [0.15, 0.2) is 77.3 Å². The molecule has 1 saturated heterocycles. The molecule has 8 nitrogen and oxygen atoms in total. The van der Waals surface area contributed by atoms with Crippen LogP contribution in [0.3, 0.4) is 0 Å². The fourth-order valence-electron chi connectivity index (χ4n) is 5.47. The number of hydrogen-bond donors (Lipinski definition) is 2. The number of pyridine rings is 2.